The molecular formula is C22H16F3N3O3S. The Labute approximate surface area is 181 Å². The molecule has 0 saturated heterocycles. The first-order valence-corrected chi connectivity index (χ1v) is 10.8. The molecule has 0 aliphatic carbocycles. The van der Waals surface area contributed by atoms with Gasteiger partial charge in [0.05, 0.1) is 16.3 Å². The number of alkyl halides is 3. The lowest BCUT2D eigenvalue weighted by Gasteiger charge is -2.10. The summed E-state index contributed by atoms with van der Waals surface area (Å²) in [5.41, 5.74) is -0.136. The summed E-state index contributed by atoms with van der Waals surface area (Å²) in [5.74, 6) is -0.755. The number of aromatic nitrogens is 2. The van der Waals surface area contributed by atoms with Crippen LogP contribution in [0.15, 0.2) is 77.7 Å². The SMILES string of the molecule is CC(=O)NS(=O)(=O)c1ccc(-n2nc(C(F)(F)F)cc2-c2ccc3ccccc3c2)cc1. The lowest BCUT2D eigenvalue weighted by molar-refractivity contribution is -0.141. The van der Waals surface area contributed by atoms with Crippen molar-refractivity contribution in [1.29, 1.82) is 0 Å². The minimum atomic E-state index is -4.66. The van der Waals surface area contributed by atoms with Gasteiger partial charge in [-0.15, -0.1) is 0 Å². The summed E-state index contributed by atoms with van der Waals surface area (Å²) < 4.78 is 67.5. The lowest BCUT2D eigenvalue weighted by atomic mass is 10.0. The van der Waals surface area contributed by atoms with Gasteiger partial charge in [0.1, 0.15) is 0 Å². The lowest BCUT2D eigenvalue weighted by Crippen LogP contribution is -2.28. The van der Waals surface area contributed by atoms with Crippen LogP contribution in [-0.2, 0) is 21.0 Å². The van der Waals surface area contributed by atoms with Crippen LogP contribution in [-0.4, -0.2) is 24.1 Å². The second-order valence-corrected chi connectivity index (χ2v) is 8.72. The highest BCUT2D eigenvalue weighted by atomic mass is 32.2. The summed E-state index contributed by atoms with van der Waals surface area (Å²) in [6.07, 6.45) is -4.66. The van der Waals surface area contributed by atoms with Crippen LogP contribution in [0.25, 0.3) is 27.7 Å². The van der Waals surface area contributed by atoms with E-state index in [1.807, 2.05) is 29.0 Å². The van der Waals surface area contributed by atoms with Crippen LogP contribution < -0.4 is 4.72 Å². The first kappa shape index (κ1) is 21.6. The Hall–Kier alpha value is -3.66. The van der Waals surface area contributed by atoms with Gasteiger partial charge in [0.15, 0.2) is 5.69 Å². The van der Waals surface area contributed by atoms with E-state index < -0.39 is 27.8 Å². The van der Waals surface area contributed by atoms with Crippen LogP contribution >= 0.6 is 0 Å². The molecule has 6 nitrogen and oxygen atoms in total. The van der Waals surface area contributed by atoms with E-state index in [2.05, 4.69) is 5.10 Å². The average Bonchev–Trinajstić information content (AvgIpc) is 3.19. The first-order valence-electron chi connectivity index (χ1n) is 9.35. The third-order valence-electron chi connectivity index (χ3n) is 4.71. The second-order valence-electron chi connectivity index (χ2n) is 7.04. The number of carbonyl (C=O) groups excluding carboxylic acids is 1. The number of nitrogens with one attached hydrogen (secondary N) is 1. The van der Waals surface area contributed by atoms with Gasteiger partial charge < -0.3 is 0 Å². The number of benzene rings is 3. The molecule has 164 valence electrons. The van der Waals surface area contributed by atoms with Crippen LogP contribution in [0.5, 0.6) is 0 Å². The third kappa shape index (κ3) is 4.22. The Kier molecular flexibility index (Phi) is 5.25. The normalized spacial score (nSPS) is 12.1. The molecule has 4 rings (SSSR count). The van der Waals surface area contributed by atoms with Gasteiger partial charge in [0, 0.05) is 12.5 Å². The van der Waals surface area contributed by atoms with E-state index in [0.717, 1.165) is 28.4 Å². The van der Waals surface area contributed by atoms with E-state index in [-0.39, 0.29) is 16.3 Å². The molecule has 1 N–H and O–H groups in total. The van der Waals surface area contributed by atoms with Crippen LogP contribution in [0.1, 0.15) is 12.6 Å². The maximum Gasteiger partial charge on any atom is 0.435 e. The zero-order valence-electron chi connectivity index (χ0n) is 16.6. The summed E-state index contributed by atoms with van der Waals surface area (Å²) in [7, 11) is -4.07. The van der Waals surface area contributed by atoms with Gasteiger partial charge in [-0.1, -0.05) is 36.4 Å². The van der Waals surface area contributed by atoms with Crippen molar-refractivity contribution in [3.05, 3.63) is 78.5 Å². The Bertz CT molecular complexity index is 1430. The van der Waals surface area contributed by atoms with Crippen molar-refractivity contribution in [3.8, 4) is 16.9 Å². The Morgan fingerprint density at radius 3 is 2.22 bits per heavy atom. The van der Waals surface area contributed by atoms with Crippen molar-refractivity contribution < 1.29 is 26.4 Å². The molecule has 0 aliphatic rings. The minimum Gasteiger partial charge on any atom is -0.274 e. The van der Waals surface area contributed by atoms with Gasteiger partial charge in [-0.2, -0.15) is 18.3 Å². The van der Waals surface area contributed by atoms with Crippen molar-refractivity contribution in [2.45, 2.75) is 18.0 Å². The predicted molar refractivity (Wildman–Crippen MR) is 113 cm³/mol. The number of halogens is 3. The van der Waals surface area contributed by atoms with E-state index in [0.29, 0.717) is 5.56 Å². The minimum absolute atomic E-state index is 0.195. The van der Waals surface area contributed by atoms with Gasteiger partial charge >= 0.3 is 6.18 Å². The van der Waals surface area contributed by atoms with E-state index in [9.17, 15) is 26.4 Å². The molecule has 0 radical (unpaired) electrons. The monoisotopic (exact) mass is 459 g/mol. The molecule has 1 aromatic heterocycles. The van der Waals surface area contributed by atoms with Gasteiger partial charge in [0.2, 0.25) is 5.91 Å². The molecule has 32 heavy (non-hydrogen) atoms. The van der Waals surface area contributed by atoms with Gasteiger partial charge in [-0.25, -0.2) is 17.8 Å². The maximum atomic E-state index is 13.4. The molecule has 10 heteroatoms. The van der Waals surface area contributed by atoms with E-state index >= 15 is 0 Å². The fourth-order valence-electron chi connectivity index (χ4n) is 3.29. The molecule has 1 amide bonds. The summed E-state index contributed by atoms with van der Waals surface area (Å²) in [4.78, 5) is 10.9. The molecule has 1 heterocycles. The fourth-order valence-corrected chi connectivity index (χ4v) is 4.28. The number of hydrogen-bond acceptors (Lipinski definition) is 4. The van der Waals surface area contributed by atoms with Gasteiger partial charge in [-0.3, -0.25) is 4.79 Å². The Morgan fingerprint density at radius 2 is 1.59 bits per heavy atom. The van der Waals surface area contributed by atoms with E-state index in [1.54, 1.807) is 18.2 Å². The van der Waals surface area contributed by atoms with E-state index in [1.165, 1.54) is 24.3 Å². The van der Waals surface area contributed by atoms with Gasteiger partial charge in [-0.05, 0) is 47.2 Å². The van der Waals surface area contributed by atoms with E-state index in [4.69, 9.17) is 0 Å². The second kappa shape index (κ2) is 7.79. The van der Waals surface area contributed by atoms with Crippen LogP contribution in [0, 0.1) is 0 Å². The predicted octanol–water partition coefficient (Wildman–Crippen LogP) is 4.54. The molecule has 0 aliphatic heterocycles. The van der Waals surface area contributed by atoms with Crippen molar-refractivity contribution in [1.82, 2.24) is 14.5 Å². The highest BCUT2D eigenvalue weighted by molar-refractivity contribution is 7.90. The number of fused-ring (bicyclic) bond motifs is 1. The topological polar surface area (TPSA) is 81.1 Å². The molecule has 0 bridgehead atoms. The van der Waals surface area contributed by atoms with Crippen LogP contribution in [0.4, 0.5) is 13.2 Å². The Morgan fingerprint density at radius 1 is 0.938 bits per heavy atom. The fraction of sp³-hybridized carbons (Fsp3) is 0.0909. The standard InChI is InChI=1S/C22H16F3N3O3S/c1-14(29)27-32(30,31)19-10-8-18(9-11-19)28-20(13-21(26-28)22(23,24)25)17-7-6-15-4-2-3-5-16(15)12-17/h2-13H,1H3,(H,27,29). The molecule has 3 aromatic carbocycles. The molecule has 0 unspecified atom stereocenters. The van der Waals surface area contributed by atoms with Crippen LogP contribution in [0.2, 0.25) is 0 Å². The highest BCUT2D eigenvalue weighted by Crippen LogP contribution is 2.34. The quantitative estimate of drug-likeness (QED) is 0.486. The molecule has 0 spiro atoms. The van der Waals surface area contributed by atoms with Crippen molar-refractivity contribution >= 4 is 26.7 Å². The zero-order chi connectivity index (χ0) is 23.1. The summed E-state index contributed by atoms with van der Waals surface area (Å²) in [6, 6.07) is 18.7. The number of nitrogens with zero attached hydrogens (tertiary/aromatic N) is 2. The molecule has 0 fully saturated rings. The highest BCUT2D eigenvalue weighted by Gasteiger charge is 2.35. The molecule has 0 saturated carbocycles. The summed E-state index contributed by atoms with van der Waals surface area (Å²) >= 11 is 0. The maximum absolute atomic E-state index is 13.4. The molecule has 0 atom stereocenters. The molecular weight excluding hydrogens is 443 g/mol. The smallest absolute Gasteiger partial charge is 0.274 e. The third-order valence-corrected chi connectivity index (χ3v) is 6.16. The summed E-state index contributed by atoms with van der Waals surface area (Å²) in [6.45, 7) is 1.06. The average molecular weight is 459 g/mol. The van der Waals surface area contributed by atoms with Crippen molar-refractivity contribution in [2.24, 2.45) is 0 Å². The Balaban J connectivity index is 1.83. The van der Waals surface area contributed by atoms with Crippen molar-refractivity contribution in [2.75, 3.05) is 0 Å². The number of hydrogen-bond donors (Lipinski definition) is 1. The van der Waals surface area contributed by atoms with Gasteiger partial charge in [0.25, 0.3) is 10.0 Å². The van der Waals surface area contributed by atoms with Crippen molar-refractivity contribution in [3.63, 3.8) is 0 Å². The number of carbonyl (C=O) groups is 1. The number of rotatable bonds is 4. The summed E-state index contributed by atoms with van der Waals surface area (Å²) in [5, 5.41) is 5.51. The number of amides is 1. The largest absolute Gasteiger partial charge is 0.435 e. The molecule has 4 aromatic rings. The van der Waals surface area contributed by atoms with Crippen LogP contribution in [0.3, 0.4) is 0 Å². The zero-order valence-corrected chi connectivity index (χ0v) is 17.4. The first-order chi connectivity index (χ1) is 15.0. The number of sulfonamides is 1.